The highest BCUT2D eigenvalue weighted by atomic mass is 16.2. The summed E-state index contributed by atoms with van der Waals surface area (Å²) in [5, 5.41) is 0. The molecule has 1 amide bonds. The van der Waals surface area contributed by atoms with Crippen molar-refractivity contribution in [2.75, 3.05) is 11.9 Å². The number of rotatable bonds is 2. The van der Waals surface area contributed by atoms with Crippen LogP contribution in [0.3, 0.4) is 0 Å². The van der Waals surface area contributed by atoms with E-state index in [0.717, 1.165) is 17.7 Å². The van der Waals surface area contributed by atoms with Crippen molar-refractivity contribution in [3.63, 3.8) is 0 Å². The highest BCUT2D eigenvalue weighted by molar-refractivity contribution is 6.01. The van der Waals surface area contributed by atoms with Gasteiger partial charge in [-0.15, -0.1) is 0 Å². The zero-order chi connectivity index (χ0) is 11.0. The van der Waals surface area contributed by atoms with Gasteiger partial charge in [0.1, 0.15) is 0 Å². The van der Waals surface area contributed by atoms with Crippen LogP contribution < -0.4 is 10.6 Å². The fourth-order valence-electron chi connectivity index (χ4n) is 2.08. The number of hydrogen-bond acceptors (Lipinski definition) is 2. The van der Waals surface area contributed by atoms with Crippen molar-refractivity contribution in [1.82, 2.24) is 0 Å². The van der Waals surface area contributed by atoms with Gasteiger partial charge in [-0.05, 0) is 30.5 Å². The summed E-state index contributed by atoms with van der Waals surface area (Å²) < 4.78 is 0. The maximum Gasteiger partial charge on any atom is 0.231 e. The molecule has 0 saturated heterocycles. The Bertz CT molecular complexity index is 399. The van der Waals surface area contributed by atoms with E-state index in [1.807, 2.05) is 26.1 Å². The first-order chi connectivity index (χ1) is 7.09. The molecule has 0 fully saturated rings. The maximum absolute atomic E-state index is 11.6. The number of carbonyl (C=O) groups excluding carboxylic acids is 1. The molecule has 80 valence electrons. The fourth-order valence-corrected chi connectivity index (χ4v) is 2.08. The number of hydrogen-bond donors (Lipinski definition) is 1. The molecule has 3 nitrogen and oxygen atoms in total. The highest BCUT2D eigenvalue weighted by Gasteiger charge is 2.25. The Kier molecular flexibility index (Phi) is 2.49. The number of nitrogens with zero attached hydrogens (tertiary/aromatic N) is 1. The van der Waals surface area contributed by atoms with E-state index in [-0.39, 0.29) is 11.9 Å². The second-order valence-corrected chi connectivity index (χ2v) is 4.23. The van der Waals surface area contributed by atoms with Crippen LogP contribution in [0.4, 0.5) is 5.69 Å². The fraction of sp³-hybridized carbons (Fsp3) is 0.417. The van der Waals surface area contributed by atoms with E-state index in [1.165, 1.54) is 5.56 Å². The molecule has 1 aliphatic rings. The Labute approximate surface area is 89.9 Å². The first-order valence-electron chi connectivity index (χ1n) is 5.22. The van der Waals surface area contributed by atoms with Gasteiger partial charge in [0.05, 0.1) is 6.42 Å². The molecule has 0 radical (unpaired) electrons. The SMILES string of the molecule is CC(N)Cc1cccc2c1CC(=O)N2C. The van der Waals surface area contributed by atoms with Crippen molar-refractivity contribution in [2.45, 2.75) is 25.8 Å². The van der Waals surface area contributed by atoms with Crippen molar-refractivity contribution in [3.05, 3.63) is 29.3 Å². The molecule has 1 atom stereocenters. The third-order valence-corrected chi connectivity index (χ3v) is 2.85. The molecule has 1 unspecified atom stereocenters. The number of nitrogens with two attached hydrogens (primary N) is 1. The lowest BCUT2D eigenvalue weighted by molar-refractivity contribution is -0.117. The number of fused-ring (bicyclic) bond motifs is 1. The van der Waals surface area contributed by atoms with E-state index in [4.69, 9.17) is 5.73 Å². The van der Waals surface area contributed by atoms with Gasteiger partial charge in [-0.3, -0.25) is 4.79 Å². The number of likely N-dealkylation sites (N-methyl/N-ethyl adjacent to an activating group) is 1. The van der Waals surface area contributed by atoms with Crippen LogP contribution >= 0.6 is 0 Å². The van der Waals surface area contributed by atoms with Gasteiger partial charge in [0.15, 0.2) is 0 Å². The molecule has 0 aromatic heterocycles. The van der Waals surface area contributed by atoms with Gasteiger partial charge in [0.2, 0.25) is 5.91 Å². The molecule has 2 N–H and O–H groups in total. The van der Waals surface area contributed by atoms with E-state index < -0.39 is 0 Å². The number of amides is 1. The molecule has 0 aliphatic carbocycles. The van der Waals surface area contributed by atoms with Crippen molar-refractivity contribution < 1.29 is 4.79 Å². The third kappa shape index (κ3) is 1.75. The Balaban J connectivity index is 2.40. The lowest BCUT2D eigenvalue weighted by Crippen LogP contribution is -2.20. The lowest BCUT2D eigenvalue weighted by atomic mass is 9.99. The Morgan fingerprint density at radius 2 is 2.27 bits per heavy atom. The molecule has 1 aliphatic heterocycles. The monoisotopic (exact) mass is 204 g/mol. The van der Waals surface area contributed by atoms with Gasteiger partial charge in [0, 0.05) is 18.8 Å². The number of benzene rings is 1. The topological polar surface area (TPSA) is 46.3 Å². The third-order valence-electron chi connectivity index (χ3n) is 2.85. The van der Waals surface area contributed by atoms with Crippen LogP contribution in [0, 0.1) is 0 Å². The number of anilines is 1. The van der Waals surface area contributed by atoms with E-state index in [9.17, 15) is 4.79 Å². The molecule has 1 aromatic rings. The number of carbonyl (C=O) groups is 1. The van der Waals surface area contributed by atoms with Crippen molar-refractivity contribution >= 4 is 11.6 Å². The smallest absolute Gasteiger partial charge is 0.231 e. The molecule has 3 heteroatoms. The van der Waals surface area contributed by atoms with Gasteiger partial charge >= 0.3 is 0 Å². The predicted octanol–water partition coefficient (Wildman–Crippen LogP) is 1.10. The molecular formula is C12H16N2O. The van der Waals surface area contributed by atoms with Crippen LogP contribution in [0.5, 0.6) is 0 Å². The minimum Gasteiger partial charge on any atom is -0.328 e. The van der Waals surface area contributed by atoms with Gasteiger partial charge in [-0.1, -0.05) is 12.1 Å². The minimum atomic E-state index is 0.137. The summed E-state index contributed by atoms with van der Waals surface area (Å²) in [6, 6.07) is 6.18. The average Bonchev–Trinajstić information content (AvgIpc) is 2.45. The van der Waals surface area contributed by atoms with E-state index in [1.54, 1.807) is 4.90 Å². The second kappa shape index (κ2) is 3.66. The van der Waals surface area contributed by atoms with Crippen molar-refractivity contribution in [2.24, 2.45) is 5.73 Å². The van der Waals surface area contributed by atoms with Crippen LogP contribution in [-0.4, -0.2) is 19.0 Å². The first kappa shape index (κ1) is 10.2. The summed E-state index contributed by atoms with van der Waals surface area (Å²) in [5.41, 5.74) is 9.19. The van der Waals surface area contributed by atoms with Gasteiger partial charge in [0.25, 0.3) is 0 Å². The van der Waals surface area contributed by atoms with Gasteiger partial charge in [-0.2, -0.15) is 0 Å². The Hall–Kier alpha value is -1.35. The summed E-state index contributed by atoms with van der Waals surface area (Å²) in [6.45, 7) is 1.99. The summed E-state index contributed by atoms with van der Waals surface area (Å²) in [7, 11) is 1.82. The van der Waals surface area contributed by atoms with Crippen LogP contribution in [-0.2, 0) is 17.6 Å². The van der Waals surface area contributed by atoms with Crippen molar-refractivity contribution in [3.8, 4) is 0 Å². The van der Waals surface area contributed by atoms with E-state index in [2.05, 4.69) is 6.07 Å². The molecular weight excluding hydrogens is 188 g/mol. The zero-order valence-corrected chi connectivity index (χ0v) is 9.16. The first-order valence-corrected chi connectivity index (χ1v) is 5.22. The summed E-state index contributed by atoms with van der Waals surface area (Å²) in [4.78, 5) is 13.3. The Morgan fingerprint density at radius 3 is 2.93 bits per heavy atom. The molecule has 0 saturated carbocycles. The predicted molar refractivity (Wildman–Crippen MR) is 60.9 cm³/mol. The highest BCUT2D eigenvalue weighted by Crippen LogP contribution is 2.30. The average molecular weight is 204 g/mol. The van der Waals surface area contributed by atoms with E-state index in [0.29, 0.717) is 6.42 Å². The minimum absolute atomic E-state index is 0.137. The largest absolute Gasteiger partial charge is 0.328 e. The summed E-state index contributed by atoms with van der Waals surface area (Å²) in [5.74, 6) is 0.169. The van der Waals surface area contributed by atoms with Crippen LogP contribution in [0.1, 0.15) is 18.1 Å². The molecule has 0 spiro atoms. The van der Waals surface area contributed by atoms with Gasteiger partial charge < -0.3 is 10.6 Å². The van der Waals surface area contributed by atoms with Crippen LogP contribution in [0.15, 0.2) is 18.2 Å². The second-order valence-electron chi connectivity index (χ2n) is 4.23. The quantitative estimate of drug-likeness (QED) is 0.784. The van der Waals surface area contributed by atoms with Crippen LogP contribution in [0.25, 0.3) is 0 Å². The van der Waals surface area contributed by atoms with E-state index >= 15 is 0 Å². The standard InChI is InChI=1S/C12H16N2O/c1-8(13)6-9-4-3-5-11-10(9)7-12(15)14(11)2/h3-5,8H,6-7,13H2,1-2H3. The summed E-state index contributed by atoms with van der Waals surface area (Å²) >= 11 is 0. The molecule has 2 rings (SSSR count). The molecule has 0 bridgehead atoms. The Morgan fingerprint density at radius 1 is 1.53 bits per heavy atom. The molecule has 15 heavy (non-hydrogen) atoms. The van der Waals surface area contributed by atoms with Crippen LogP contribution in [0.2, 0.25) is 0 Å². The van der Waals surface area contributed by atoms with Gasteiger partial charge in [-0.25, -0.2) is 0 Å². The molecule has 1 heterocycles. The summed E-state index contributed by atoms with van der Waals surface area (Å²) in [6.07, 6.45) is 1.36. The zero-order valence-electron chi connectivity index (χ0n) is 9.16. The maximum atomic E-state index is 11.6. The lowest BCUT2D eigenvalue weighted by Gasteiger charge is -2.12. The normalized spacial score (nSPS) is 16.7. The molecule has 1 aromatic carbocycles. The van der Waals surface area contributed by atoms with Crippen molar-refractivity contribution in [1.29, 1.82) is 0 Å².